The first-order valence-corrected chi connectivity index (χ1v) is 14.9. The smallest absolute Gasteiger partial charge is 0.265 e. The number of ether oxygens (including phenoxy) is 2. The van der Waals surface area contributed by atoms with Crippen LogP contribution in [0, 0.1) is 6.92 Å². The Bertz CT molecular complexity index is 1660. The third-order valence-corrected chi connectivity index (χ3v) is 8.19. The highest BCUT2D eigenvalue weighted by Gasteiger charge is 2.34. The van der Waals surface area contributed by atoms with Gasteiger partial charge in [-0.1, -0.05) is 72.8 Å². The van der Waals surface area contributed by atoms with E-state index in [9.17, 15) is 18.0 Å². The van der Waals surface area contributed by atoms with Crippen LogP contribution in [0.4, 0.5) is 5.69 Å². The first-order chi connectivity index (χ1) is 20.3. The van der Waals surface area contributed by atoms with Crippen molar-refractivity contribution in [1.29, 1.82) is 0 Å². The number of fused-ring (bicyclic) bond motifs is 1. The fourth-order valence-corrected chi connectivity index (χ4v) is 5.63. The Morgan fingerprint density at radius 1 is 0.881 bits per heavy atom. The van der Waals surface area contributed by atoms with Gasteiger partial charge in [-0.25, -0.2) is 13.1 Å². The van der Waals surface area contributed by atoms with Crippen LogP contribution in [0.25, 0.3) is 0 Å². The van der Waals surface area contributed by atoms with Crippen LogP contribution in [0.5, 0.6) is 11.5 Å². The summed E-state index contributed by atoms with van der Waals surface area (Å²) in [6.07, 6.45) is -0.901. The van der Waals surface area contributed by atoms with E-state index in [4.69, 9.17) is 9.47 Å². The molecule has 0 aliphatic carbocycles. The van der Waals surface area contributed by atoms with Crippen molar-refractivity contribution in [3.63, 3.8) is 0 Å². The number of carbonyl (C=O) groups is 2. The Labute approximate surface area is 245 Å². The van der Waals surface area contributed by atoms with Gasteiger partial charge in [0, 0.05) is 13.1 Å². The van der Waals surface area contributed by atoms with Crippen molar-refractivity contribution in [3.05, 3.63) is 120 Å². The lowest BCUT2D eigenvalue weighted by Crippen LogP contribution is -2.51. The van der Waals surface area contributed by atoms with E-state index in [-0.39, 0.29) is 36.4 Å². The zero-order valence-electron chi connectivity index (χ0n) is 23.0. The fourth-order valence-electron chi connectivity index (χ4n) is 4.53. The molecule has 5 rings (SSSR count). The highest BCUT2D eigenvalue weighted by Crippen LogP contribution is 2.33. The molecule has 0 fully saturated rings. The molecule has 1 aliphatic heterocycles. The van der Waals surface area contributed by atoms with Crippen LogP contribution in [0.2, 0.25) is 0 Å². The largest absolute Gasteiger partial charge is 0.483 e. The number of amides is 2. The molecule has 216 valence electrons. The number of sulfonamides is 1. The molecule has 1 heterocycles. The number of carbonyl (C=O) groups excluding carboxylic acids is 2. The number of para-hydroxylation sites is 2. The summed E-state index contributed by atoms with van der Waals surface area (Å²) in [4.78, 5) is 27.9. The summed E-state index contributed by atoms with van der Waals surface area (Å²) in [7, 11) is -3.75. The van der Waals surface area contributed by atoms with Gasteiger partial charge in [0.25, 0.3) is 11.8 Å². The van der Waals surface area contributed by atoms with Gasteiger partial charge in [-0.3, -0.25) is 9.59 Å². The SMILES string of the molecule is Cc1cc(S(=O)(=O)NCc2ccccc2)ccc1OCC(=O)N1C[C@@H](C(=O)NCc2ccccc2)Oc2ccccc21. The third kappa shape index (κ3) is 6.96. The maximum atomic E-state index is 13.3. The van der Waals surface area contributed by atoms with E-state index in [0.717, 1.165) is 11.1 Å². The lowest BCUT2D eigenvalue weighted by atomic mass is 10.1. The molecule has 0 bridgehead atoms. The molecule has 9 nitrogen and oxygen atoms in total. The Morgan fingerprint density at radius 3 is 2.21 bits per heavy atom. The highest BCUT2D eigenvalue weighted by molar-refractivity contribution is 7.89. The number of hydrogen-bond donors (Lipinski definition) is 2. The van der Waals surface area contributed by atoms with Crippen LogP contribution in [0.15, 0.2) is 108 Å². The molecular weight excluding hydrogens is 554 g/mol. The van der Waals surface area contributed by atoms with Gasteiger partial charge in [-0.15, -0.1) is 0 Å². The van der Waals surface area contributed by atoms with Gasteiger partial charge in [0.2, 0.25) is 10.0 Å². The molecule has 0 saturated heterocycles. The van der Waals surface area contributed by atoms with Crippen molar-refractivity contribution in [2.45, 2.75) is 31.0 Å². The summed E-state index contributed by atoms with van der Waals surface area (Å²) in [5, 5.41) is 2.87. The monoisotopic (exact) mass is 585 g/mol. The van der Waals surface area contributed by atoms with Gasteiger partial charge >= 0.3 is 0 Å². The van der Waals surface area contributed by atoms with Crippen LogP contribution >= 0.6 is 0 Å². The Morgan fingerprint density at radius 2 is 1.52 bits per heavy atom. The number of aryl methyl sites for hydroxylation is 1. The average Bonchev–Trinajstić information content (AvgIpc) is 3.02. The molecule has 0 radical (unpaired) electrons. The van der Waals surface area contributed by atoms with Crippen LogP contribution in [-0.2, 0) is 32.7 Å². The second kappa shape index (κ2) is 12.9. The van der Waals surface area contributed by atoms with Crippen molar-refractivity contribution in [2.75, 3.05) is 18.1 Å². The molecule has 0 spiro atoms. The standard InChI is InChI=1S/C32H31N3O6S/c1-23-18-26(42(38,39)34-20-25-12-6-3-7-13-25)16-17-28(23)40-22-31(36)35-21-30(41-29-15-9-8-14-27(29)35)32(37)33-19-24-10-4-2-5-11-24/h2-18,30,34H,19-22H2,1H3,(H,33,37)/t30-/m0/s1. The molecule has 42 heavy (non-hydrogen) atoms. The summed E-state index contributed by atoms with van der Waals surface area (Å²) in [6, 6.07) is 30.3. The van der Waals surface area contributed by atoms with Crippen LogP contribution < -0.4 is 24.4 Å². The minimum atomic E-state index is -3.75. The molecule has 0 aromatic heterocycles. The first-order valence-electron chi connectivity index (χ1n) is 13.4. The summed E-state index contributed by atoms with van der Waals surface area (Å²) in [5.41, 5.74) is 2.90. The van der Waals surface area contributed by atoms with E-state index in [1.165, 1.54) is 23.1 Å². The van der Waals surface area contributed by atoms with Gasteiger partial charge in [0.1, 0.15) is 11.5 Å². The van der Waals surface area contributed by atoms with Crippen molar-refractivity contribution in [2.24, 2.45) is 0 Å². The summed E-state index contributed by atoms with van der Waals surface area (Å²) in [6.45, 7) is 1.92. The topological polar surface area (TPSA) is 114 Å². The first kappa shape index (κ1) is 28.8. The van der Waals surface area contributed by atoms with E-state index in [1.807, 2.05) is 60.7 Å². The quantitative estimate of drug-likeness (QED) is 0.291. The highest BCUT2D eigenvalue weighted by atomic mass is 32.2. The molecule has 1 aliphatic rings. The van der Waals surface area contributed by atoms with E-state index >= 15 is 0 Å². The molecule has 0 unspecified atom stereocenters. The summed E-state index contributed by atoms with van der Waals surface area (Å²) < 4.78 is 40.0. The van der Waals surface area contributed by atoms with E-state index in [0.29, 0.717) is 29.3 Å². The Balaban J connectivity index is 1.22. The number of rotatable bonds is 10. The molecule has 4 aromatic carbocycles. The third-order valence-electron chi connectivity index (χ3n) is 6.79. The lowest BCUT2D eigenvalue weighted by Gasteiger charge is -2.34. The van der Waals surface area contributed by atoms with Gasteiger partial charge in [0.05, 0.1) is 17.1 Å². The predicted octanol–water partition coefficient (Wildman–Crippen LogP) is 3.96. The summed E-state index contributed by atoms with van der Waals surface area (Å²) >= 11 is 0. The van der Waals surface area contributed by atoms with Crippen molar-refractivity contribution < 1.29 is 27.5 Å². The number of anilines is 1. The van der Waals surface area contributed by atoms with Crippen molar-refractivity contribution >= 4 is 27.5 Å². The second-order valence-electron chi connectivity index (χ2n) is 9.81. The fraction of sp³-hybridized carbons (Fsp3) is 0.188. The molecule has 2 N–H and O–H groups in total. The number of nitrogens with zero attached hydrogens (tertiary/aromatic N) is 1. The van der Waals surface area contributed by atoms with Gasteiger partial charge in [0.15, 0.2) is 12.7 Å². The van der Waals surface area contributed by atoms with Gasteiger partial charge < -0.3 is 19.7 Å². The number of hydrogen-bond acceptors (Lipinski definition) is 6. The van der Waals surface area contributed by atoms with Gasteiger partial charge in [-0.2, -0.15) is 0 Å². The zero-order chi connectivity index (χ0) is 29.5. The predicted molar refractivity (Wildman–Crippen MR) is 159 cm³/mol. The van der Waals surface area contributed by atoms with Crippen molar-refractivity contribution in [3.8, 4) is 11.5 Å². The Kier molecular flexibility index (Phi) is 8.85. The number of nitrogens with one attached hydrogen (secondary N) is 2. The number of benzene rings is 4. The van der Waals surface area contributed by atoms with Crippen LogP contribution in [0.1, 0.15) is 16.7 Å². The minimum Gasteiger partial charge on any atom is -0.483 e. The summed E-state index contributed by atoms with van der Waals surface area (Å²) in [5.74, 6) is 0.0996. The van der Waals surface area contributed by atoms with Crippen LogP contribution in [-0.4, -0.2) is 39.5 Å². The Hall–Kier alpha value is -4.67. The van der Waals surface area contributed by atoms with E-state index in [2.05, 4.69) is 10.0 Å². The molecule has 10 heteroatoms. The minimum absolute atomic E-state index is 0.0169. The second-order valence-corrected chi connectivity index (χ2v) is 11.6. The van der Waals surface area contributed by atoms with E-state index in [1.54, 1.807) is 31.2 Å². The molecule has 1 atom stereocenters. The average molecular weight is 586 g/mol. The molecule has 4 aromatic rings. The molecular formula is C32H31N3O6S. The maximum Gasteiger partial charge on any atom is 0.265 e. The maximum absolute atomic E-state index is 13.3. The molecule has 0 saturated carbocycles. The van der Waals surface area contributed by atoms with Crippen molar-refractivity contribution in [1.82, 2.24) is 10.0 Å². The normalized spacial score (nSPS) is 14.4. The molecule has 2 amide bonds. The van der Waals surface area contributed by atoms with Gasteiger partial charge in [-0.05, 0) is 53.9 Å². The zero-order valence-corrected chi connectivity index (χ0v) is 23.8. The lowest BCUT2D eigenvalue weighted by molar-refractivity contribution is -0.128. The van der Waals surface area contributed by atoms with Crippen LogP contribution in [0.3, 0.4) is 0 Å². The van der Waals surface area contributed by atoms with E-state index < -0.39 is 16.1 Å².